The van der Waals surface area contributed by atoms with Crippen LogP contribution in [0.2, 0.25) is 18.1 Å². The second kappa shape index (κ2) is 9.99. The monoisotopic (exact) mass is 406 g/mol. The van der Waals surface area contributed by atoms with Gasteiger partial charge in [0.25, 0.3) is 5.91 Å². The Kier molecular flexibility index (Phi) is 8.22. The van der Waals surface area contributed by atoms with Crippen LogP contribution in [0.3, 0.4) is 0 Å². The summed E-state index contributed by atoms with van der Waals surface area (Å²) in [5, 5.41) is 0.171. The minimum Gasteiger partial charge on any atom is -0.415 e. The number of likely N-dealkylation sites (tertiary alicyclic amines) is 1. The third-order valence-electron chi connectivity index (χ3n) is 6.14. The van der Waals surface area contributed by atoms with E-state index in [0.29, 0.717) is 31.9 Å². The Morgan fingerprint density at radius 2 is 2.07 bits per heavy atom. The first-order valence-electron chi connectivity index (χ1n) is 10.6. The molecular weight excluding hydrogens is 368 g/mol. The van der Waals surface area contributed by atoms with E-state index >= 15 is 0 Å². The molecule has 0 aliphatic carbocycles. The SMILES string of the molecule is CCOCCc1cccnc1C(=O)N1CCCC[C@H]1CO[Si](C)(C)C(C)(C)C. The van der Waals surface area contributed by atoms with Gasteiger partial charge in [-0.3, -0.25) is 9.78 Å². The van der Waals surface area contributed by atoms with Crippen molar-refractivity contribution in [1.82, 2.24) is 9.88 Å². The molecule has 6 heteroatoms. The number of pyridine rings is 1. The van der Waals surface area contributed by atoms with E-state index in [1.807, 2.05) is 24.0 Å². The van der Waals surface area contributed by atoms with Crippen molar-refractivity contribution in [3.05, 3.63) is 29.6 Å². The lowest BCUT2D eigenvalue weighted by atomic mass is 10.0. The van der Waals surface area contributed by atoms with E-state index in [1.165, 1.54) is 0 Å². The lowest BCUT2D eigenvalue weighted by Gasteiger charge is -2.41. The van der Waals surface area contributed by atoms with Crippen LogP contribution in [0.5, 0.6) is 0 Å². The molecule has 0 bridgehead atoms. The molecule has 0 saturated carbocycles. The van der Waals surface area contributed by atoms with Crippen molar-refractivity contribution >= 4 is 14.2 Å². The molecule has 0 unspecified atom stereocenters. The number of hydrogen-bond donors (Lipinski definition) is 0. The van der Waals surface area contributed by atoms with Crippen molar-refractivity contribution in [2.24, 2.45) is 0 Å². The van der Waals surface area contributed by atoms with Crippen molar-refractivity contribution in [3.8, 4) is 0 Å². The minimum absolute atomic E-state index is 0.0376. The van der Waals surface area contributed by atoms with E-state index in [0.717, 1.165) is 31.4 Å². The average molecular weight is 407 g/mol. The molecule has 28 heavy (non-hydrogen) atoms. The quantitative estimate of drug-likeness (QED) is 0.465. The molecule has 0 N–H and O–H groups in total. The van der Waals surface area contributed by atoms with Gasteiger partial charge in [0.05, 0.1) is 19.3 Å². The fraction of sp³-hybridized carbons (Fsp3) is 0.727. The van der Waals surface area contributed by atoms with Crippen LogP contribution in [0.25, 0.3) is 0 Å². The Morgan fingerprint density at radius 3 is 2.75 bits per heavy atom. The van der Waals surface area contributed by atoms with E-state index in [-0.39, 0.29) is 17.0 Å². The fourth-order valence-electron chi connectivity index (χ4n) is 3.26. The van der Waals surface area contributed by atoms with Gasteiger partial charge in [-0.05, 0) is 62.4 Å². The summed E-state index contributed by atoms with van der Waals surface area (Å²) < 4.78 is 11.9. The first kappa shape index (κ1) is 23.0. The number of piperidine rings is 1. The topological polar surface area (TPSA) is 51.7 Å². The summed E-state index contributed by atoms with van der Waals surface area (Å²) in [5.41, 5.74) is 1.54. The van der Waals surface area contributed by atoms with Crippen LogP contribution >= 0.6 is 0 Å². The summed E-state index contributed by atoms with van der Waals surface area (Å²) in [6.07, 6.45) is 5.61. The molecule has 1 aliphatic rings. The van der Waals surface area contributed by atoms with Gasteiger partial charge in [-0.15, -0.1) is 0 Å². The molecule has 1 saturated heterocycles. The Morgan fingerprint density at radius 1 is 1.32 bits per heavy atom. The summed E-state index contributed by atoms with van der Waals surface area (Å²) in [7, 11) is -1.84. The van der Waals surface area contributed by atoms with Gasteiger partial charge in [-0.25, -0.2) is 0 Å². The predicted octanol–water partition coefficient (Wildman–Crippen LogP) is 4.68. The van der Waals surface area contributed by atoms with E-state index < -0.39 is 8.32 Å². The third kappa shape index (κ3) is 5.88. The van der Waals surface area contributed by atoms with Gasteiger partial charge in [-0.2, -0.15) is 0 Å². The Balaban J connectivity index is 2.12. The Hall–Kier alpha value is -1.24. The van der Waals surface area contributed by atoms with Crippen LogP contribution < -0.4 is 0 Å². The molecule has 1 aromatic rings. The molecule has 5 nitrogen and oxygen atoms in total. The van der Waals surface area contributed by atoms with E-state index in [2.05, 4.69) is 38.8 Å². The highest BCUT2D eigenvalue weighted by Crippen LogP contribution is 2.37. The summed E-state index contributed by atoms with van der Waals surface area (Å²) in [6.45, 7) is 16.0. The number of carbonyl (C=O) groups is 1. The molecule has 0 aromatic carbocycles. The Bertz CT molecular complexity index is 643. The zero-order chi connectivity index (χ0) is 20.8. The molecule has 1 aromatic heterocycles. The first-order valence-corrected chi connectivity index (χ1v) is 13.5. The lowest BCUT2D eigenvalue weighted by Crippen LogP contribution is -2.50. The minimum atomic E-state index is -1.84. The van der Waals surface area contributed by atoms with E-state index in [4.69, 9.17) is 9.16 Å². The molecule has 2 rings (SSSR count). The summed E-state index contributed by atoms with van der Waals surface area (Å²) in [4.78, 5) is 19.8. The molecular formula is C22H38N2O3Si. The standard InChI is InChI=1S/C22H38N2O3Si/c1-7-26-16-13-18-11-10-14-23-20(18)21(25)24-15-9-8-12-19(24)17-27-28(5,6)22(2,3)4/h10-11,14,19H,7-9,12-13,15-17H2,1-6H3/t19-/m0/s1. The van der Waals surface area contributed by atoms with Gasteiger partial charge < -0.3 is 14.1 Å². The Labute approximate surface area is 172 Å². The number of nitrogens with zero attached hydrogens (tertiary/aromatic N) is 2. The first-order chi connectivity index (χ1) is 13.2. The molecule has 1 fully saturated rings. The maximum Gasteiger partial charge on any atom is 0.273 e. The van der Waals surface area contributed by atoms with Crippen molar-refractivity contribution in [1.29, 1.82) is 0 Å². The highest BCUT2D eigenvalue weighted by Gasteiger charge is 2.39. The number of rotatable bonds is 8. The zero-order valence-corrected chi connectivity index (χ0v) is 19.6. The van der Waals surface area contributed by atoms with Gasteiger partial charge >= 0.3 is 0 Å². The number of hydrogen-bond acceptors (Lipinski definition) is 4. The molecule has 1 aliphatic heterocycles. The van der Waals surface area contributed by atoms with Gasteiger partial charge in [0.2, 0.25) is 0 Å². The smallest absolute Gasteiger partial charge is 0.273 e. The van der Waals surface area contributed by atoms with Gasteiger partial charge in [0.1, 0.15) is 5.69 Å². The second-order valence-electron chi connectivity index (χ2n) is 9.18. The molecule has 2 heterocycles. The van der Waals surface area contributed by atoms with E-state index in [9.17, 15) is 4.79 Å². The highest BCUT2D eigenvalue weighted by molar-refractivity contribution is 6.74. The normalized spacial score (nSPS) is 18.4. The van der Waals surface area contributed by atoms with Crippen molar-refractivity contribution in [3.63, 3.8) is 0 Å². The second-order valence-corrected chi connectivity index (χ2v) is 14.0. The third-order valence-corrected chi connectivity index (χ3v) is 10.6. The van der Waals surface area contributed by atoms with Crippen LogP contribution in [0.1, 0.15) is 63.0 Å². The average Bonchev–Trinajstić information content (AvgIpc) is 2.66. The van der Waals surface area contributed by atoms with Crippen molar-refractivity contribution < 1.29 is 14.0 Å². The van der Waals surface area contributed by atoms with Crippen LogP contribution in [-0.2, 0) is 15.6 Å². The van der Waals surface area contributed by atoms with Gasteiger partial charge in [0, 0.05) is 19.3 Å². The van der Waals surface area contributed by atoms with E-state index in [1.54, 1.807) is 6.20 Å². The van der Waals surface area contributed by atoms with Crippen molar-refractivity contribution in [2.75, 3.05) is 26.4 Å². The summed E-state index contributed by atoms with van der Waals surface area (Å²) in [6, 6.07) is 4.02. The highest BCUT2D eigenvalue weighted by atomic mass is 28.4. The fourth-order valence-corrected chi connectivity index (χ4v) is 4.30. The molecule has 0 radical (unpaired) electrons. The number of carbonyl (C=O) groups excluding carboxylic acids is 1. The molecule has 1 atom stereocenters. The molecule has 158 valence electrons. The number of aromatic nitrogens is 1. The van der Waals surface area contributed by atoms with Gasteiger partial charge in [0.15, 0.2) is 8.32 Å². The maximum absolute atomic E-state index is 13.4. The molecule has 1 amide bonds. The van der Waals surface area contributed by atoms with Crippen molar-refractivity contribution in [2.45, 2.75) is 77.6 Å². The predicted molar refractivity (Wildman–Crippen MR) is 116 cm³/mol. The molecule has 0 spiro atoms. The zero-order valence-electron chi connectivity index (χ0n) is 18.6. The van der Waals surface area contributed by atoms with Crippen LogP contribution in [0, 0.1) is 0 Å². The largest absolute Gasteiger partial charge is 0.415 e. The van der Waals surface area contributed by atoms with Crippen LogP contribution in [0.15, 0.2) is 18.3 Å². The summed E-state index contributed by atoms with van der Waals surface area (Å²) in [5.74, 6) is 0.0376. The van der Waals surface area contributed by atoms with Crippen LogP contribution in [-0.4, -0.2) is 56.5 Å². The van der Waals surface area contributed by atoms with Crippen LogP contribution in [0.4, 0.5) is 0 Å². The lowest BCUT2D eigenvalue weighted by molar-refractivity contribution is 0.0507. The number of amides is 1. The maximum atomic E-state index is 13.4. The summed E-state index contributed by atoms with van der Waals surface area (Å²) >= 11 is 0. The number of ether oxygens (including phenoxy) is 1. The van der Waals surface area contributed by atoms with Gasteiger partial charge in [-0.1, -0.05) is 26.8 Å².